The molecule has 2 aromatic heterocycles. The molecular formula is C15H17N5O2. The number of methoxy groups -OCH3 is 1. The molecule has 0 saturated carbocycles. The van der Waals surface area contributed by atoms with Crippen molar-refractivity contribution in [3.63, 3.8) is 0 Å². The van der Waals surface area contributed by atoms with E-state index in [-0.39, 0.29) is 6.04 Å². The van der Waals surface area contributed by atoms with Crippen molar-refractivity contribution < 1.29 is 9.15 Å². The summed E-state index contributed by atoms with van der Waals surface area (Å²) in [6.07, 6.45) is 0. The first kappa shape index (κ1) is 13.0. The van der Waals surface area contributed by atoms with E-state index in [1.54, 1.807) is 7.11 Å². The van der Waals surface area contributed by atoms with E-state index in [0.717, 1.165) is 35.6 Å². The van der Waals surface area contributed by atoms with E-state index >= 15 is 0 Å². The topological polar surface area (TPSA) is 82.3 Å². The van der Waals surface area contributed by atoms with Gasteiger partial charge in [-0.15, -0.1) is 0 Å². The van der Waals surface area contributed by atoms with Crippen LogP contribution in [0.1, 0.15) is 18.7 Å². The first-order valence-electron chi connectivity index (χ1n) is 7.20. The Hall–Kier alpha value is -2.70. The summed E-state index contributed by atoms with van der Waals surface area (Å²) < 4.78 is 13.1. The molecule has 0 spiro atoms. The average molecular weight is 299 g/mol. The van der Waals surface area contributed by atoms with Crippen LogP contribution in [0, 0.1) is 0 Å². The number of nitrogens with two attached hydrogens (primary N) is 1. The lowest BCUT2D eigenvalue weighted by atomic mass is 10.1. The van der Waals surface area contributed by atoms with Crippen LogP contribution in [-0.2, 0) is 6.54 Å². The van der Waals surface area contributed by atoms with Gasteiger partial charge in [0.2, 0.25) is 0 Å². The van der Waals surface area contributed by atoms with Crippen molar-refractivity contribution in [1.82, 2.24) is 14.8 Å². The third kappa shape index (κ3) is 1.89. The standard InChI is InChI=1S/C15H17N5O2/c1-9-12-8-14(16)18-20(12)6-5-19(9)15-17-11-7-10(21-2)3-4-13(11)22-15/h3-4,7-9H,5-6H2,1-2H3,(H2,16,18). The smallest absolute Gasteiger partial charge is 0.299 e. The summed E-state index contributed by atoms with van der Waals surface area (Å²) >= 11 is 0. The quantitative estimate of drug-likeness (QED) is 0.781. The predicted molar refractivity (Wildman–Crippen MR) is 83.0 cm³/mol. The van der Waals surface area contributed by atoms with E-state index in [2.05, 4.69) is 21.9 Å². The van der Waals surface area contributed by atoms with Crippen LogP contribution in [0.5, 0.6) is 5.75 Å². The Balaban J connectivity index is 1.73. The summed E-state index contributed by atoms with van der Waals surface area (Å²) in [5.41, 5.74) is 8.41. The Morgan fingerprint density at radius 1 is 1.32 bits per heavy atom. The number of fused-ring (bicyclic) bond motifs is 2. The summed E-state index contributed by atoms with van der Waals surface area (Å²) in [6, 6.07) is 8.24. The Kier molecular flexibility index (Phi) is 2.75. The lowest BCUT2D eigenvalue weighted by molar-refractivity contribution is 0.415. The molecule has 1 aliphatic heterocycles. The Bertz CT molecular complexity index is 838. The molecule has 4 rings (SSSR count). The summed E-state index contributed by atoms with van der Waals surface area (Å²) in [7, 11) is 1.64. The van der Waals surface area contributed by atoms with Gasteiger partial charge in [0.05, 0.1) is 25.4 Å². The maximum Gasteiger partial charge on any atom is 0.299 e. The molecule has 0 aliphatic carbocycles. The fourth-order valence-corrected chi connectivity index (χ4v) is 2.93. The zero-order chi connectivity index (χ0) is 15.3. The van der Waals surface area contributed by atoms with Crippen LogP contribution in [0.4, 0.5) is 11.8 Å². The minimum absolute atomic E-state index is 0.105. The third-order valence-corrected chi connectivity index (χ3v) is 4.11. The fourth-order valence-electron chi connectivity index (χ4n) is 2.93. The highest BCUT2D eigenvalue weighted by Gasteiger charge is 2.28. The lowest BCUT2D eigenvalue weighted by Gasteiger charge is -2.32. The molecule has 2 N–H and O–H groups in total. The fraction of sp³-hybridized carbons (Fsp3) is 0.333. The molecular weight excluding hydrogens is 282 g/mol. The molecule has 1 aromatic carbocycles. The molecule has 22 heavy (non-hydrogen) atoms. The summed E-state index contributed by atoms with van der Waals surface area (Å²) in [4.78, 5) is 6.72. The van der Waals surface area contributed by atoms with Gasteiger partial charge in [-0.2, -0.15) is 10.1 Å². The molecule has 0 amide bonds. The van der Waals surface area contributed by atoms with Crippen molar-refractivity contribution in [3.8, 4) is 5.75 Å². The third-order valence-electron chi connectivity index (χ3n) is 4.11. The van der Waals surface area contributed by atoms with Crippen LogP contribution in [-0.4, -0.2) is 28.4 Å². The van der Waals surface area contributed by atoms with Crippen molar-refractivity contribution in [2.75, 3.05) is 24.3 Å². The molecule has 0 bridgehead atoms. The number of anilines is 2. The van der Waals surface area contributed by atoms with Gasteiger partial charge >= 0.3 is 0 Å². The molecule has 7 heteroatoms. The van der Waals surface area contributed by atoms with Gasteiger partial charge in [-0.05, 0) is 19.1 Å². The van der Waals surface area contributed by atoms with Crippen molar-refractivity contribution in [1.29, 1.82) is 0 Å². The number of hydrogen-bond acceptors (Lipinski definition) is 6. The molecule has 0 saturated heterocycles. The van der Waals surface area contributed by atoms with E-state index in [9.17, 15) is 0 Å². The van der Waals surface area contributed by atoms with E-state index in [1.807, 2.05) is 28.9 Å². The Morgan fingerprint density at radius 3 is 3.00 bits per heavy atom. The van der Waals surface area contributed by atoms with Gasteiger partial charge in [-0.1, -0.05) is 0 Å². The van der Waals surface area contributed by atoms with Gasteiger partial charge in [0.1, 0.15) is 17.1 Å². The van der Waals surface area contributed by atoms with Crippen LogP contribution < -0.4 is 15.4 Å². The zero-order valence-electron chi connectivity index (χ0n) is 12.5. The van der Waals surface area contributed by atoms with Gasteiger partial charge in [0.15, 0.2) is 5.58 Å². The Labute approximate surface area is 127 Å². The highest BCUT2D eigenvalue weighted by atomic mass is 16.5. The molecule has 1 atom stereocenters. The number of benzene rings is 1. The lowest BCUT2D eigenvalue weighted by Crippen LogP contribution is -2.37. The maximum atomic E-state index is 5.90. The number of aromatic nitrogens is 3. The van der Waals surface area contributed by atoms with Gasteiger partial charge in [-0.3, -0.25) is 4.68 Å². The molecule has 3 aromatic rings. The second-order valence-electron chi connectivity index (χ2n) is 5.42. The minimum Gasteiger partial charge on any atom is -0.497 e. The van der Waals surface area contributed by atoms with Gasteiger partial charge in [0.25, 0.3) is 6.01 Å². The second kappa shape index (κ2) is 4.66. The van der Waals surface area contributed by atoms with Gasteiger partial charge in [-0.25, -0.2) is 0 Å². The van der Waals surface area contributed by atoms with E-state index < -0.39 is 0 Å². The average Bonchev–Trinajstić information content (AvgIpc) is 3.09. The first-order chi connectivity index (χ1) is 10.7. The van der Waals surface area contributed by atoms with Crippen LogP contribution in [0.3, 0.4) is 0 Å². The van der Waals surface area contributed by atoms with Crippen LogP contribution >= 0.6 is 0 Å². The largest absolute Gasteiger partial charge is 0.497 e. The maximum absolute atomic E-state index is 5.90. The molecule has 114 valence electrons. The second-order valence-corrected chi connectivity index (χ2v) is 5.42. The normalized spacial score (nSPS) is 17.7. The molecule has 7 nitrogen and oxygen atoms in total. The van der Waals surface area contributed by atoms with Crippen LogP contribution in [0.25, 0.3) is 11.1 Å². The Morgan fingerprint density at radius 2 is 2.18 bits per heavy atom. The zero-order valence-corrected chi connectivity index (χ0v) is 12.5. The highest BCUT2D eigenvalue weighted by molar-refractivity contribution is 5.76. The van der Waals surface area contributed by atoms with Crippen molar-refractivity contribution in [2.24, 2.45) is 0 Å². The molecule has 0 fully saturated rings. The van der Waals surface area contributed by atoms with Gasteiger partial charge in [0, 0.05) is 18.7 Å². The molecule has 1 unspecified atom stereocenters. The van der Waals surface area contributed by atoms with Crippen molar-refractivity contribution in [3.05, 3.63) is 30.0 Å². The molecule has 3 heterocycles. The summed E-state index contributed by atoms with van der Waals surface area (Å²) in [6.45, 7) is 3.64. The monoisotopic (exact) mass is 299 g/mol. The van der Waals surface area contributed by atoms with Crippen LogP contribution in [0.15, 0.2) is 28.7 Å². The number of ether oxygens (including phenoxy) is 1. The van der Waals surface area contributed by atoms with Gasteiger partial charge < -0.3 is 19.8 Å². The predicted octanol–water partition coefficient (Wildman–Crippen LogP) is 2.20. The van der Waals surface area contributed by atoms with E-state index in [0.29, 0.717) is 11.8 Å². The van der Waals surface area contributed by atoms with Crippen LogP contribution in [0.2, 0.25) is 0 Å². The van der Waals surface area contributed by atoms with Crippen molar-refractivity contribution >= 4 is 22.9 Å². The number of nitrogens with zero attached hydrogens (tertiary/aromatic N) is 4. The first-order valence-corrected chi connectivity index (χ1v) is 7.20. The SMILES string of the molecule is COc1ccc2oc(N3CCn4nc(N)cc4C3C)nc2c1. The minimum atomic E-state index is 0.105. The van der Waals surface area contributed by atoms with Crippen molar-refractivity contribution in [2.45, 2.75) is 19.5 Å². The van der Waals surface area contributed by atoms with E-state index in [4.69, 9.17) is 14.9 Å². The van der Waals surface area contributed by atoms with E-state index in [1.165, 1.54) is 0 Å². The summed E-state index contributed by atoms with van der Waals surface area (Å²) in [5.74, 6) is 1.32. The number of hydrogen-bond donors (Lipinski definition) is 1. The summed E-state index contributed by atoms with van der Waals surface area (Å²) in [5, 5.41) is 4.30. The molecule has 0 radical (unpaired) electrons. The molecule has 1 aliphatic rings. The number of rotatable bonds is 2. The number of nitrogen functional groups attached to an aromatic ring is 1. The number of oxazole rings is 1. The highest BCUT2D eigenvalue weighted by Crippen LogP contribution is 2.33.